The van der Waals surface area contributed by atoms with Gasteiger partial charge in [0, 0.05) is 36.1 Å². The largest absolute Gasteiger partial charge is 0.477 e. The number of anilines is 1. The van der Waals surface area contributed by atoms with Crippen molar-refractivity contribution in [1.82, 2.24) is 9.40 Å². The number of nitrogens with zero attached hydrogens (tertiary/aromatic N) is 2. The van der Waals surface area contributed by atoms with Gasteiger partial charge in [-0.25, -0.2) is 14.0 Å². The minimum atomic E-state index is -1.28. The Bertz CT molecular complexity index is 1030. The van der Waals surface area contributed by atoms with Crippen molar-refractivity contribution in [2.75, 3.05) is 18.0 Å². The molecule has 2 aromatic rings. The van der Waals surface area contributed by atoms with Crippen LogP contribution in [0.25, 0.3) is 10.9 Å². The molecule has 0 spiro atoms. The minimum absolute atomic E-state index is 0.0142. The maximum atomic E-state index is 15.3. The highest BCUT2D eigenvalue weighted by atomic mass is 35.5. The Morgan fingerprint density at radius 1 is 1.38 bits per heavy atom. The summed E-state index contributed by atoms with van der Waals surface area (Å²) in [5.74, 6) is -1.36. The third-order valence-corrected chi connectivity index (χ3v) is 6.60. The quantitative estimate of drug-likeness (QED) is 0.696. The van der Waals surface area contributed by atoms with Crippen molar-refractivity contribution >= 4 is 34.3 Å². The Labute approximate surface area is 173 Å². The summed E-state index contributed by atoms with van der Waals surface area (Å²) in [6.07, 6.45) is 3.11. The average Bonchev–Trinajstić information content (AvgIpc) is 3.41. The molecule has 1 aliphatic heterocycles. The fraction of sp³-hybridized carbons (Fsp3) is 0.524. The first-order chi connectivity index (χ1) is 13.9. The molecule has 1 saturated carbocycles. The third-order valence-electron chi connectivity index (χ3n) is 6.26. The Kier molecular flexibility index (Phi) is 5.29. The number of hydrogen-bond acceptors (Lipinski definition) is 4. The molecule has 2 fully saturated rings. The number of pyridine rings is 1. The van der Waals surface area contributed by atoms with Crippen LogP contribution in [0, 0.1) is 11.7 Å². The molecule has 2 aliphatic rings. The van der Waals surface area contributed by atoms with Crippen molar-refractivity contribution in [1.29, 1.82) is 0 Å². The monoisotopic (exact) mass is 421 g/mol. The third kappa shape index (κ3) is 3.40. The van der Waals surface area contributed by atoms with Gasteiger partial charge in [-0.3, -0.25) is 4.79 Å². The summed E-state index contributed by atoms with van der Waals surface area (Å²) >= 11 is 5.79. The smallest absolute Gasteiger partial charge is 0.341 e. The lowest BCUT2D eigenvalue weighted by atomic mass is 10.0. The molecule has 29 heavy (non-hydrogen) atoms. The van der Waals surface area contributed by atoms with Crippen LogP contribution in [0.15, 0.2) is 16.9 Å². The zero-order valence-corrected chi connectivity index (χ0v) is 17.3. The topological polar surface area (TPSA) is 74.6 Å². The normalized spacial score (nSPS) is 20.4. The van der Waals surface area contributed by atoms with E-state index in [0.717, 1.165) is 24.8 Å². The Balaban J connectivity index is 1.93. The Morgan fingerprint density at radius 3 is 2.69 bits per heavy atom. The van der Waals surface area contributed by atoms with Gasteiger partial charge in [0.2, 0.25) is 0 Å². The van der Waals surface area contributed by atoms with Crippen LogP contribution in [0.3, 0.4) is 0 Å². The van der Waals surface area contributed by atoms with E-state index in [4.69, 9.17) is 11.8 Å². The van der Waals surface area contributed by atoms with Gasteiger partial charge in [-0.15, -0.1) is 0 Å². The molecule has 1 saturated heterocycles. The number of hydrogen-bond donors (Lipinski definition) is 2. The molecule has 0 radical (unpaired) electrons. The molecule has 0 amide bonds. The number of fused-ring (bicyclic) bond motifs is 1. The van der Waals surface area contributed by atoms with E-state index < -0.39 is 11.5 Å². The van der Waals surface area contributed by atoms with Crippen LogP contribution in [0.1, 0.15) is 55.1 Å². The van der Waals surface area contributed by atoms with Gasteiger partial charge in [-0.2, -0.15) is 0 Å². The van der Waals surface area contributed by atoms with Crippen LogP contribution in [-0.2, 0) is 6.42 Å². The van der Waals surface area contributed by atoms with Crippen molar-refractivity contribution in [3.05, 3.63) is 39.4 Å². The van der Waals surface area contributed by atoms with Crippen LogP contribution < -0.4 is 15.3 Å². The van der Waals surface area contributed by atoms with Crippen molar-refractivity contribution in [2.45, 2.75) is 51.6 Å². The fourth-order valence-corrected chi connectivity index (χ4v) is 4.72. The van der Waals surface area contributed by atoms with Crippen LogP contribution in [0.4, 0.5) is 10.1 Å². The molecule has 2 heterocycles. The SMILES string of the molecule is CCc1c(N2CC[C@@H]([C@H](C)NCl)C2)c(F)cc2cc(C(=O)O)c(=O)n(C3CC3)c12. The number of carbonyl (C=O) groups is 1. The number of aromatic carboxylic acids is 1. The van der Waals surface area contributed by atoms with Crippen LogP contribution >= 0.6 is 11.8 Å². The highest BCUT2D eigenvalue weighted by Gasteiger charge is 2.33. The molecule has 8 heteroatoms. The predicted molar refractivity (Wildman–Crippen MR) is 112 cm³/mol. The van der Waals surface area contributed by atoms with Crippen molar-refractivity contribution in [2.24, 2.45) is 5.92 Å². The van der Waals surface area contributed by atoms with Crippen molar-refractivity contribution in [3.63, 3.8) is 0 Å². The lowest BCUT2D eigenvalue weighted by Gasteiger charge is -2.26. The number of nitrogens with one attached hydrogen (secondary N) is 1. The number of rotatable bonds is 6. The second-order valence-electron chi connectivity index (χ2n) is 8.14. The maximum Gasteiger partial charge on any atom is 0.341 e. The van der Waals surface area contributed by atoms with Crippen molar-refractivity contribution < 1.29 is 14.3 Å². The number of aryl methyl sites for hydroxylation is 1. The second kappa shape index (κ2) is 7.61. The predicted octanol–water partition coefficient (Wildman–Crippen LogP) is 3.69. The highest BCUT2D eigenvalue weighted by molar-refractivity contribution is 6.13. The second-order valence-corrected chi connectivity index (χ2v) is 8.36. The average molecular weight is 422 g/mol. The molecule has 2 atom stereocenters. The van der Waals surface area contributed by atoms with Gasteiger partial charge in [0.1, 0.15) is 11.4 Å². The van der Waals surface area contributed by atoms with E-state index >= 15 is 4.39 Å². The number of carboxylic acid groups (broad SMARTS) is 1. The summed E-state index contributed by atoms with van der Waals surface area (Å²) in [5, 5.41) is 9.92. The number of halogens is 2. The van der Waals surface area contributed by atoms with Gasteiger partial charge >= 0.3 is 5.97 Å². The van der Waals surface area contributed by atoms with E-state index in [1.165, 1.54) is 12.1 Å². The molecule has 0 unspecified atom stereocenters. The molecular weight excluding hydrogens is 397 g/mol. The summed E-state index contributed by atoms with van der Waals surface area (Å²) < 4.78 is 16.9. The zero-order valence-electron chi connectivity index (χ0n) is 16.5. The molecule has 2 N–H and O–H groups in total. The molecule has 6 nitrogen and oxygen atoms in total. The van der Waals surface area contributed by atoms with Gasteiger partial charge in [-0.1, -0.05) is 6.92 Å². The summed E-state index contributed by atoms with van der Waals surface area (Å²) in [4.78, 5) is 29.3. The lowest BCUT2D eigenvalue weighted by molar-refractivity contribution is 0.0694. The van der Waals surface area contributed by atoms with Crippen LogP contribution in [-0.4, -0.2) is 34.8 Å². The summed E-state index contributed by atoms with van der Waals surface area (Å²) in [6, 6.07) is 2.79. The van der Waals surface area contributed by atoms with E-state index in [0.29, 0.717) is 42.0 Å². The molecular formula is C21H25ClFN3O3. The summed E-state index contributed by atoms with van der Waals surface area (Å²) in [6.45, 7) is 5.35. The Morgan fingerprint density at radius 2 is 2.10 bits per heavy atom. The molecule has 4 rings (SSSR count). The minimum Gasteiger partial charge on any atom is -0.477 e. The van der Waals surface area contributed by atoms with E-state index in [-0.39, 0.29) is 23.5 Å². The number of aromatic nitrogens is 1. The van der Waals surface area contributed by atoms with Crippen LogP contribution in [0.5, 0.6) is 0 Å². The lowest BCUT2D eigenvalue weighted by Crippen LogP contribution is -2.31. The summed E-state index contributed by atoms with van der Waals surface area (Å²) in [5.41, 5.74) is 1.17. The van der Waals surface area contributed by atoms with E-state index in [1.807, 2.05) is 18.7 Å². The zero-order chi connectivity index (χ0) is 20.9. The fourth-order valence-electron chi connectivity index (χ4n) is 4.55. The first kappa shape index (κ1) is 20.2. The van der Waals surface area contributed by atoms with Crippen LogP contribution in [0.2, 0.25) is 0 Å². The van der Waals surface area contributed by atoms with Gasteiger partial charge < -0.3 is 14.6 Å². The van der Waals surface area contributed by atoms with Gasteiger partial charge in [0.25, 0.3) is 5.56 Å². The number of carboxylic acids is 1. The molecule has 0 bridgehead atoms. The van der Waals surface area contributed by atoms with E-state index in [2.05, 4.69) is 4.84 Å². The van der Waals surface area contributed by atoms with Gasteiger partial charge in [-0.05, 0) is 62.4 Å². The van der Waals surface area contributed by atoms with E-state index in [9.17, 15) is 14.7 Å². The standard InChI is InChI=1S/C21H25ClFN3O3/c1-3-15-18-13(8-16(21(28)29)20(27)26(18)14-4-5-14)9-17(23)19(15)25-7-6-12(10-25)11(2)24-22/h8-9,11-12,14,24H,3-7,10H2,1-2H3,(H,28,29)/t11-,12+/m0/s1. The first-order valence-electron chi connectivity index (χ1n) is 10.1. The molecule has 156 valence electrons. The first-order valence-corrected chi connectivity index (χ1v) is 10.5. The van der Waals surface area contributed by atoms with Crippen molar-refractivity contribution in [3.8, 4) is 0 Å². The molecule has 1 aromatic carbocycles. The number of benzene rings is 1. The van der Waals surface area contributed by atoms with Gasteiger partial charge in [0.05, 0.1) is 11.2 Å². The maximum absolute atomic E-state index is 15.3. The van der Waals surface area contributed by atoms with Gasteiger partial charge in [0.15, 0.2) is 0 Å². The van der Waals surface area contributed by atoms with E-state index in [1.54, 1.807) is 4.57 Å². The highest BCUT2D eigenvalue weighted by Crippen LogP contribution is 2.41. The summed E-state index contributed by atoms with van der Waals surface area (Å²) in [7, 11) is 0. The molecule has 1 aromatic heterocycles. The Hall–Kier alpha value is -2.12. The molecule has 1 aliphatic carbocycles.